The number of rotatable bonds is 4. The molecule has 2 aliphatic rings. The minimum Gasteiger partial charge on any atom is -0.446 e. The Morgan fingerprint density at radius 1 is 1.03 bits per heavy atom. The quantitative estimate of drug-likeness (QED) is 0.373. The summed E-state index contributed by atoms with van der Waals surface area (Å²) in [5.41, 5.74) is 2.49. The summed E-state index contributed by atoms with van der Waals surface area (Å²) in [5, 5.41) is 6.70. The minimum atomic E-state index is -0.528. The molecule has 3 aromatic carbocycles. The van der Waals surface area contributed by atoms with Crippen molar-refractivity contribution in [3.8, 4) is 0 Å². The van der Waals surface area contributed by atoms with Crippen molar-refractivity contribution in [2.45, 2.75) is 4.90 Å². The van der Waals surface area contributed by atoms with Gasteiger partial charge in [-0.25, -0.2) is 4.79 Å². The zero-order chi connectivity index (χ0) is 19.8. The molecule has 7 heteroatoms. The van der Waals surface area contributed by atoms with Crippen LogP contribution in [0.5, 0.6) is 0 Å². The number of hydrogen-bond acceptors (Lipinski definition) is 7. The fraction of sp³-hybridized carbons (Fsp3) is 0.0455. The average molecular weight is 402 g/mol. The maximum absolute atomic E-state index is 12.6. The fourth-order valence-electron chi connectivity index (χ4n) is 3.53. The molecule has 0 unspecified atom stereocenters. The molecule has 2 aliphatic heterocycles. The number of nitrogens with zero attached hydrogens (tertiary/aromatic N) is 2. The first-order valence-electron chi connectivity index (χ1n) is 8.89. The van der Waals surface area contributed by atoms with E-state index in [1.54, 1.807) is 0 Å². The number of fused-ring (bicyclic) bond motifs is 3. The summed E-state index contributed by atoms with van der Waals surface area (Å²) in [5.74, 6) is -0.528. The van der Waals surface area contributed by atoms with Gasteiger partial charge in [-0.1, -0.05) is 77.6 Å². The molecule has 0 aromatic heterocycles. The zero-order valence-electron chi connectivity index (χ0n) is 15.1. The Balaban J connectivity index is 1.71. The highest BCUT2D eigenvalue weighted by molar-refractivity contribution is 8.03. The van der Waals surface area contributed by atoms with Crippen molar-refractivity contribution in [2.75, 3.05) is 11.6 Å². The van der Waals surface area contributed by atoms with E-state index in [0.29, 0.717) is 22.8 Å². The van der Waals surface area contributed by atoms with Gasteiger partial charge in [0.25, 0.3) is 6.47 Å². The summed E-state index contributed by atoms with van der Waals surface area (Å²) < 4.78 is 5.10. The van der Waals surface area contributed by atoms with Crippen molar-refractivity contribution in [1.29, 1.82) is 0 Å². The van der Waals surface area contributed by atoms with Crippen LogP contribution in [0.4, 0.5) is 5.69 Å². The Morgan fingerprint density at radius 2 is 1.83 bits per heavy atom. The number of ether oxygens (including phenoxy) is 1. The van der Waals surface area contributed by atoms with E-state index < -0.39 is 5.97 Å². The number of oxime groups is 1. The summed E-state index contributed by atoms with van der Waals surface area (Å²) in [6, 6.07) is 21.4. The van der Waals surface area contributed by atoms with Gasteiger partial charge in [0.1, 0.15) is 16.3 Å². The summed E-state index contributed by atoms with van der Waals surface area (Å²) in [6.07, 6.45) is 0. The summed E-state index contributed by atoms with van der Waals surface area (Å²) in [4.78, 5) is 31.4. The SMILES string of the molecule is O=COCN1/C(=C2/C(=O)ON=C2c2ccccc2)Sc2ccc3ccccc3c21. The van der Waals surface area contributed by atoms with E-state index in [1.807, 2.05) is 71.6 Å². The molecule has 0 fully saturated rings. The molecule has 5 rings (SSSR count). The maximum atomic E-state index is 12.6. The average Bonchev–Trinajstić information content (AvgIpc) is 3.33. The van der Waals surface area contributed by atoms with Gasteiger partial charge in [0.05, 0.1) is 5.69 Å². The lowest BCUT2D eigenvalue weighted by Gasteiger charge is -2.21. The van der Waals surface area contributed by atoms with E-state index in [0.717, 1.165) is 26.9 Å². The van der Waals surface area contributed by atoms with Crippen LogP contribution in [0.2, 0.25) is 0 Å². The van der Waals surface area contributed by atoms with Gasteiger partial charge in [-0.3, -0.25) is 9.69 Å². The zero-order valence-corrected chi connectivity index (χ0v) is 15.9. The van der Waals surface area contributed by atoms with Crippen molar-refractivity contribution in [2.24, 2.45) is 5.16 Å². The van der Waals surface area contributed by atoms with E-state index in [2.05, 4.69) is 5.16 Å². The molecule has 0 spiro atoms. The summed E-state index contributed by atoms with van der Waals surface area (Å²) in [6.45, 7) is 0.376. The van der Waals surface area contributed by atoms with Gasteiger partial charge >= 0.3 is 5.97 Å². The number of hydrogen-bond donors (Lipinski definition) is 0. The molecule has 0 radical (unpaired) electrons. The third-order valence-corrected chi connectivity index (χ3v) is 5.95. The Hall–Kier alpha value is -3.58. The minimum absolute atomic E-state index is 0.0221. The Labute approximate surface area is 170 Å². The first-order valence-corrected chi connectivity index (χ1v) is 9.71. The van der Waals surface area contributed by atoms with Crippen LogP contribution < -0.4 is 4.90 Å². The summed E-state index contributed by atoms with van der Waals surface area (Å²) in [7, 11) is 0. The van der Waals surface area contributed by atoms with Crippen molar-refractivity contribution >= 4 is 46.4 Å². The number of thioether (sulfide) groups is 1. The Morgan fingerprint density at radius 3 is 2.66 bits per heavy atom. The third kappa shape index (κ3) is 2.87. The van der Waals surface area contributed by atoms with Gasteiger partial charge in [0.15, 0.2) is 6.73 Å². The second-order valence-corrected chi connectivity index (χ2v) is 7.45. The van der Waals surface area contributed by atoms with Crippen LogP contribution in [0.15, 0.2) is 87.4 Å². The molecule has 2 heterocycles. The van der Waals surface area contributed by atoms with Crippen LogP contribution in [-0.2, 0) is 19.2 Å². The molecule has 0 amide bonds. The Kier molecular flexibility index (Phi) is 4.29. The van der Waals surface area contributed by atoms with Crippen molar-refractivity contribution in [1.82, 2.24) is 0 Å². The molecule has 0 N–H and O–H groups in total. The van der Waals surface area contributed by atoms with Gasteiger partial charge in [-0.2, -0.15) is 0 Å². The second kappa shape index (κ2) is 7.10. The van der Waals surface area contributed by atoms with Crippen LogP contribution in [-0.4, -0.2) is 24.9 Å². The van der Waals surface area contributed by atoms with Crippen molar-refractivity contribution in [3.05, 3.63) is 82.9 Å². The number of benzene rings is 3. The van der Waals surface area contributed by atoms with Gasteiger partial charge in [-0.15, -0.1) is 0 Å². The largest absolute Gasteiger partial charge is 0.446 e. The molecule has 0 saturated carbocycles. The number of carbonyl (C=O) groups is 2. The predicted molar refractivity (Wildman–Crippen MR) is 110 cm³/mol. The standard InChI is InChI=1S/C22H14N2O4S/c25-13-27-12-24-20-16-9-5-4-6-14(16)10-11-17(20)29-21(24)18-19(23-28-22(18)26)15-7-2-1-3-8-15/h1-11,13H,12H2/b21-18-. The molecule has 0 aliphatic carbocycles. The third-order valence-electron chi connectivity index (χ3n) is 4.78. The van der Waals surface area contributed by atoms with Gasteiger partial charge < -0.3 is 9.57 Å². The van der Waals surface area contributed by atoms with E-state index >= 15 is 0 Å². The highest BCUT2D eigenvalue weighted by atomic mass is 32.2. The molecule has 6 nitrogen and oxygen atoms in total. The van der Waals surface area contributed by atoms with Crippen LogP contribution in [0, 0.1) is 0 Å². The maximum Gasteiger partial charge on any atom is 0.370 e. The highest BCUT2D eigenvalue weighted by Crippen LogP contribution is 2.51. The lowest BCUT2D eigenvalue weighted by Crippen LogP contribution is -2.25. The van der Waals surface area contributed by atoms with Crippen LogP contribution in [0.25, 0.3) is 10.8 Å². The fourth-order valence-corrected chi connectivity index (χ4v) is 4.73. The molecule has 0 saturated heterocycles. The van der Waals surface area contributed by atoms with E-state index in [4.69, 9.17) is 9.57 Å². The van der Waals surface area contributed by atoms with Gasteiger partial charge in [-0.05, 0) is 11.5 Å². The molecule has 0 bridgehead atoms. The topological polar surface area (TPSA) is 68.2 Å². The molecule has 29 heavy (non-hydrogen) atoms. The molecular weight excluding hydrogens is 388 g/mol. The first-order chi connectivity index (χ1) is 14.3. The predicted octanol–water partition coefficient (Wildman–Crippen LogP) is 4.06. The first kappa shape index (κ1) is 17.5. The molecule has 142 valence electrons. The van der Waals surface area contributed by atoms with Crippen LogP contribution in [0.3, 0.4) is 0 Å². The van der Waals surface area contributed by atoms with Crippen molar-refractivity contribution in [3.63, 3.8) is 0 Å². The number of anilines is 1. The van der Waals surface area contributed by atoms with Crippen LogP contribution in [0.1, 0.15) is 5.56 Å². The normalized spacial score (nSPS) is 17.9. The molecule has 0 atom stereocenters. The monoisotopic (exact) mass is 402 g/mol. The Bertz CT molecular complexity index is 1200. The van der Waals surface area contributed by atoms with Crippen molar-refractivity contribution < 1.29 is 19.2 Å². The lowest BCUT2D eigenvalue weighted by atomic mass is 10.0. The van der Waals surface area contributed by atoms with Crippen LogP contribution >= 0.6 is 11.8 Å². The van der Waals surface area contributed by atoms with E-state index in [1.165, 1.54) is 11.8 Å². The number of carbonyl (C=O) groups excluding carboxylic acids is 2. The highest BCUT2D eigenvalue weighted by Gasteiger charge is 2.38. The van der Waals surface area contributed by atoms with E-state index in [-0.39, 0.29) is 6.73 Å². The molecular formula is C22H14N2O4S. The van der Waals surface area contributed by atoms with Gasteiger partial charge in [0, 0.05) is 15.8 Å². The summed E-state index contributed by atoms with van der Waals surface area (Å²) >= 11 is 1.44. The van der Waals surface area contributed by atoms with E-state index in [9.17, 15) is 9.59 Å². The lowest BCUT2D eigenvalue weighted by molar-refractivity contribution is -0.136. The van der Waals surface area contributed by atoms with Gasteiger partial charge in [0.2, 0.25) is 0 Å². The molecule has 3 aromatic rings. The second-order valence-electron chi connectivity index (χ2n) is 6.42. The smallest absolute Gasteiger partial charge is 0.370 e.